The molecule has 1 fully saturated rings. The number of rotatable bonds is 7. The lowest BCUT2D eigenvalue weighted by Crippen LogP contribution is -2.30. The fourth-order valence-electron chi connectivity index (χ4n) is 3.46. The van der Waals surface area contributed by atoms with Crippen molar-refractivity contribution in [1.82, 2.24) is 4.90 Å². The van der Waals surface area contributed by atoms with Crippen LogP contribution in [0.3, 0.4) is 0 Å². The van der Waals surface area contributed by atoms with Gasteiger partial charge in [-0.05, 0) is 36.8 Å². The topological polar surface area (TPSA) is 92.8 Å². The summed E-state index contributed by atoms with van der Waals surface area (Å²) in [7, 11) is 0. The highest BCUT2D eigenvalue weighted by atomic mass is 16.5. The molecule has 1 N–H and O–H groups in total. The van der Waals surface area contributed by atoms with Crippen LogP contribution in [0.4, 0.5) is 5.69 Å². The lowest BCUT2D eigenvalue weighted by atomic mass is 10.1. The molecule has 156 valence electrons. The monoisotopic (exact) mass is 408 g/mol. The SMILES string of the molecule is CC(=O)Nc1ccc(C(=O)COC(=O)[C@@H]2CC(=O)N([C@H](C)c3ccccc3)C2)cc1. The van der Waals surface area contributed by atoms with E-state index in [9.17, 15) is 19.2 Å². The van der Waals surface area contributed by atoms with Crippen molar-refractivity contribution < 1.29 is 23.9 Å². The van der Waals surface area contributed by atoms with Gasteiger partial charge in [0, 0.05) is 31.1 Å². The molecule has 0 aromatic heterocycles. The molecule has 7 nitrogen and oxygen atoms in total. The Morgan fingerprint density at radius 3 is 2.40 bits per heavy atom. The molecule has 0 unspecified atom stereocenters. The second kappa shape index (κ2) is 9.35. The second-order valence-electron chi connectivity index (χ2n) is 7.32. The molecule has 0 spiro atoms. The van der Waals surface area contributed by atoms with Gasteiger partial charge in [-0.1, -0.05) is 30.3 Å². The van der Waals surface area contributed by atoms with Crippen molar-refractivity contribution in [2.45, 2.75) is 26.3 Å². The minimum Gasteiger partial charge on any atom is -0.457 e. The summed E-state index contributed by atoms with van der Waals surface area (Å²) in [4.78, 5) is 49.8. The van der Waals surface area contributed by atoms with Gasteiger partial charge in [0.2, 0.25) is 11.8 Å². The van der Waals surface area contributed by atoms with E-state index in [2.05, 4.69) is 5.32 Å². The van der Waals surface area contributed by atoms with E-state index in [0.29, 0.717) is 11.3 Å². The number of ketones is 1. The number of esters is 1. The molecule has 0 radical (unpaired) electrons. The summed E-state index contributed by atoms with van der Waals surface area (Å²) in [5.41, 5.74) is 1.95. The molecule has 2 amide bonds. The Morgan fingerprint density at radius 2 is 1.77 bits per heavy atom. The minimum atomic E-state index is -0.585. The highest BCUT2D eigenvalue weighted by Gasteiger charge is 2.38. The maximum atomic E-state index is 12.4. The van der Waals surface area contributed by atoms with Crippen LogP contribution in [0.1, 0.15) is 42.2 Å². The first-order valence-electron chi connectivity index (χ1n) is 9.77. The van der Waals surface area contributed by atoms with Crippen LogP contribution in [-0.4, -0.2) is 41.6 Å². The lowest BCUT2D eigenvalue weighted by Gasteiger charge is -2.25. The Hall–Kier alpha value is -3.48. The summed E-state index contributed by atoms with van der Waals surface area (Å²) < 4.78 is 5.18. The van der Waals surface area contributed by atoms with Crippen LogP contribution < -0.4 is 5.32 Å². The van der Waals surface area contributed by atoms with E-state index in [1.165, 1.54) is 6.92 Å². The largest absolute Gasteiger partial charge is 0.457 e. The maximum absolute atomic E-state index is 12.4. The van der Waals surface area contributed by atoms with Crippen molar-refractivity contribution in [2.24, 2.45) is 5.92 Å². The van der Waals surface area contributed by atoms with Crippen molar-refractivity contribution in [2.75, 3.05) is 18.5 Å². The summed E-state index contributed by atoms with van der Waals surface area (Å²) in [6.45, 7) is 3.20. The van der Waals surface area contributed by atoms with E-state index < -0.39 is 18.5 Å². The van der Waals surface area contributed by atoms with Crippen molar-refractivity contribution >= 4 is 29.3 Å². The Balaban J connectivity index is 1.53. The molecular weight excluding hydrogens is 384 g/mol. The van der Waals surface area contributed by atoms with E-state index in [0.717, 1.165) is 5.56 Å². The molecule has 7 heteroatoms. The zero-order chi connectivity index (χ0) is 21.7. The van der Waals surface area contributed by atoms with Crippen LogP contribution >= 0.6 is 0 Å². The van der Waals surface area contributed by atoms with Gasteiger partial charge in [-0.15, -0.1) is 0 Å². The molecule has 1 aliphatic rings. The zero-order valence-corrected chi connectivity index (χ0v) is 17.0. The number of carbonyl (C=O) groups is 4. The number of benzene rings is 2. The molecular formula is C23H24N2O5. The number of amides is 2. The van der Waals surface area contributed by atoms with Crippen LogP contribution in [0.2, 0.25) is 0 Å². The number of carbonyl (C=O) groups excluding carboxylic acids is 4. The fourth-order valence-corrected chi connectivity index (χ4v) is 3.46. The molecule has 0 bridgehead atoms. The quantitative estimate of drug-likeness (QED) is 0.562. The second-order valence-corrected chi connectivity index (χ2v) is 7.32. The van der Waals surface area contributed by atoms with Gasteiger partial charge in [0.25, 0.3) is 0 Å². The van der Waals surface area contributed by atoms with Crippen LogP contribution in [0, 0.1) is 5.92 Å². The van der Waals surface area contributed by atoms with Crippen molar-refractivity contribution in [3.63, 3.8) is 0 Å². The molecule has 2 aromatic carbocycles. The Kier molecular flexibility index (Phi) is 6.61. The predicted molar refractivity (Wildman–Crippen MR) is 111 cm³/mol. The number of nitrogens with zero attached hydrogens (tertiary/aromatic N) is 1. The summed E-state index contributed by atoms with van der Waals surface area (Å²) in [5.74, 6) is -1.79. The fraction of sp³-hybridized carbons (Fsp3) is 0.304. The summed E-state index contributed by atoms with van der Waals surface area (Å²) >= 11 is 0. The number of Topliss-reactive ketones (excluding diaryl/α,β-unsaturated/α-hetero) is 1. The number of anilines is 1. The highest BCUT2D eigenvalue weighted by Crippen LogP contribution is 2.29. The normalized spacial score (nSPS) is 16.8. The highest BCUT2D eigenvalue weighted by molar-refractivity contribution is 5.99. The predicted octanol–water partition coefficient (Wildman–Crippen LogP) is 2.98. The number of likely N-dealkylation sites (tertiary alicyclic amines) is 1. The third-order valence-electron chi connectivity index (χ3n) is 5.11. The van der Waals surface area contributed by atoms with Gasteiger partial charge in [-0.3, -0.25) is 19.2 Å². The summed E-state index contributed by atoms with van der Waals surface area (Å²) in [6.07, 6.45) is 0.0790. The molecule has 0 aliphatic carbocycles. The summed E-state index contributed by atoms with van der Waals surface area (Å²) in [5, 5.41) is 2.62. The van der Waals surface area contributed by atoms with Crippen molar-refractivity contribution in [3.8, 4) is 0 Å². The maximum Gasteiger partial charge on any atom is 0.311 e. The molecule has 0 saturated carbocycles. The molecule has 30 heavy (non-hydrogen) atoms. The minimum absolute atomic E-state index is 0.0790. The first-order chi connectivity index (χ1) is 14.3. The Labute approximate surface area is 175 Å². The molecule has 2 atom stereocenters. The van der Waals surface area contributed by atoms with Crippen molar-refractivity contribution in [3.05, 3.63) is 65.7 Å². The average Bonchev–Trinajstić information content (AvgIpc) is 3.13. The molecule has 1 heterocycles. The average molecular weight is 408 g/mol. The molecule has 1 aliphatic heterocycles. The van der Waals surface area contributed by atoms with Crippen LogP contribution in [0.15, 0.2) is 54.6 Å². The number of hydrogen-bond donors (Lipinski definition) is 1. The number of nitrogens with one attached hydrogen (secondary N) is 1. The van der Waals surface area contributed by atoms with E-state index in [-0.39, 0.29) is 36.6 Å². The van der Waals surface area contributed by atoms with E-state index in [1.54, 1.807) is 29.2 Å². The number of ether oxygens (including phenoxy) is 1. The molecule has 1 saturated heterocycles. The summed E-state index contributed by atoms with van der Waals surface area (Å²) in [6, 6.07) is 15.8. The van der Waals surface area contributed by atoms with Crippen LogP contribution in [0.25, 0.3) is 0 Å². The van der Waals surface area contributed by atoms with Crippen LogP contribution in [-0.2, 0) is 19.1 Å². The zero-order valence-electron chi connectivity index (χ0n) is 17.0. The first kappa shape index (κ1) is 21.2. The Morgan fingerprint density at radius 1 is 1.10 bits per heavy atom. The van der Waals surface area contributed by atoms with E-state index >= 15 is 0 Å². The van der Waals surface area contributed by atoms with Gasteiger partial charge in [-0.25, -0.2) is 0 Å². The van der Waals surface area contributed by atoms with E-state index in [4.69, 9.17) is 4.74 Å². The standard InChI is InChI=1S/C23H24N2O5/c1-15(17-6-4-3-5-7-17)25-13-19(12-22(25)28)23(29)30-14-21(27)18-8-10-20(11-9-18)24-16(2)26/h3-11,15,19H,12-14H2,1-2H3,(H,24,26)/t15-,19-/m1/s1. The van der Waals surface area contributed by atoms with Crippen molar-refractivity contribution in [1.29, 1.82) is 0 Å². The Bertz CT molecular complexity index is 940. The van der Waals surface area contributed by atoms with E-state index in [1.807, 2.05) is 37.3 Å². The van der Waals surface area contributed by atoms with Gasteiger partial charge in [0.05, 0.1) is 12.0 Å². The van der Waals surface area contributed by atoms with Gasteiger partial charge in [0.1, 0.15) is 0 Å². The van der Waals surface area contributed by atoms with Gasteiger partial charge < -0.3 is 15.0 Å². The smallest absolute Gasteiger partial charge is 0.311 e. The van der Waals surface area contributed by atoms with Gasteiger partial charge >= 0.3 is 5.97 Å². The number of hydrogen-bond acceptors (Lipinski definition) is 5. The third kappa shape index (κ3) is 5.11. The van der Waals surface area contributed by atoms with Gasteiger partial charge in [0.15, 0.2) is 12.4 Å². The molecule has 2 aromatic rings. The van der Waals surface area contributed by atoms with Gasteiger partial charge in [-0.2, -0.15) is 0 Å². The van der Waals surface area contributed by atoms with Crippen LogP contribution in [0.5, 0.6) is 0 Å². The third-order valence-corrected chi connectivity index (χ3v) is 5.11. The first-order valence-corrected chi connectivity index (χ1v) is 9.77. The molecule has 3 rings (SSSR count). The lowest BCUT2D eigenvalue weighted by molar-refractivity contribution is -0.147.